The first kappa shape index (κ1) is 18.9. The number of piperidine rings is 1. The quantitative estimate of drug-likeness (QED) is 0.612. The lowest BCUT2D eigenvalue weighted by Gasteiger charge is -2.44. The number of ether oxygens (including phenoxy) is 1. The van der Waals surface area contributed by atoms with Crippen LogP contribution in [0, 0.1) is 11.3 Å². The fraction of sp³-hybridized carbons (Fsp3) is 0.385. The van der Waals surface area contributed by atoms with E-state index >= 15 is 0 Å². The number of benzene rings is 2. The Hall–Kier alpha value is -3.06. The summed E-state index contributed by atoms with van der Waals surface area (Å²) in [4.78, 5) is 15.1. The van der Waals surface area contributed by atoms with Gasteiger partial charge in [-0.1, -0.05) is 60.2 Å². The van der Waals surface area contributed by atoms with E-state index < -0.39 is 0 Å². The standard InChI is InChI=1S/C26H26N2O2/c27-14-6-7-18-15-19-8-5-9-20(16-18)28(19)26(29)30-17-25-23-12-3-1-10-21(23)22-11-2-4-13-24(22)25/h1-4,10-13,15,19-20,25H,5-9,16-17H2. The van der Waals surface area contributed by atoms with Crippen LogP contribution in [-0.2, 0) is 4.74 Å². The predicted octanol–water partition coefficient (Wildman–Crippen LogP) is 5.79. The molecule has 2 aromatic carbocycles. The number of hydrogen-bond acceptors (Lipinski definition) is 3. The molecule has 1 aliphatic carbocycles. The van der Waals surface area contributed by atoms with Crippen molar-refractivity contribution in [2.45, 2.75) is 56.5 Å². The van der Waals surface area contributed by atoms with Gasteiger partial charge in [-0.25, -0.2) is 4.79 Å². The molecule has 0 saturated carbocycles. The monoisotopic (exact) mass is 398 g/mol. The summed E-state index contributed by atoms with van der Waals surface area (Å²) >= 11 is 0. The summed E-state index contributed by atoms with van der Waals surface area (Å²) in [5.41, 5.74) is 6.30. The minimum Gasteiger partial charge on any atom is -0.448 e. The van der Waals surface area contributed by atoms with Crippen molar-refractivity contribution >= 4 is 6.09 Å². The second-order valence-corrected chi connectivity index (χ2v) is 8.55. The molecular weight excluding hydrogens is 372 g/mol. The number of fused-ring (bicyclic) bond motifs is 5. The van der Waals surface area contributed by atoms with Gasteiger partial charge >= 0.3 is 6.09 Å². The first-order valence-corrected chi connectivity index (χ1v) is 11.0. The summed E-state index contributed by atoms with van der Waals surface area (Å²) in [7, 11) is 0. The van der Waals surface area contributed by atoms with Crippen molar-refractivity contribution < 1.29 is 9.53 Å². The molecule has 4 heteroatoms. The molecule has 152 valence electrons. The third-order valence-corrected chi connectivity index (χ3v) is 6.82. The normalized spacial score (nSPS) is 22.0. The molecule has 5 rings (SSSR count). The van der Waals surface area contributed by atoms with Gasteiger partial charge in [0.1, 0.15) is 6.61 Å². The van der Waals surface area contributed by atoms with Gasteiger partial charge in [0.05, 0.1) is 12.1 Å². The number of hydrogen-bond donors (Lipinski definition) is 0. The van der Waals surface area contributed by atoms with Crippen molar-refractivity contribution in [3.05, 3.63) is 71.3 Å². The Bertz CT molecular complexity index is 990. The number of nitrogens with zero attached hydrogens (tertiary/aromatic N) is 2. The Balaban J connectivity index is 1.32. The van der Waals surface area contributed by atoms with Crippen LogP contribution < -0.4 is 0 Å². The average Bonchev–Trinajstić information content (AvgIpc) is 3.09. The Labute approximate surface area is 177 Å². The second kappa shape index (κ2) is 7.99. The smallest absolute Gasteiger partial charge is 0.410 e. The van der Waals surface area contributed by atoms with Crippen molar-refractivity contribution in [1.82, 2.24) is 4.90 Å². The van der Waals surface area contributed by atoms with Crippen molar-refractivity contribution in [3.63, 3.8) is 0 Å². The average molecular weight is 399 g/mol. The van der Waals surface area contributed by atoms with E-state index in [1.165, 1.54) is 27.8 Å². The molecule has 0 spiro atoms. The molecule has 3 aliphatic rings. The molecule has 2 atom stereocenters. The highest BCUT2D eigenvalue weighted by molar-refractivity contribution is 5.79. The number of nitriles is 1. The van der Waals surface area contributed by atoms with Crippen LogP contribution in [0.15, 0.2) is 60.2 Å². The van der Waals surface area contributed by atoms with E-state index in [9.17, 15) is 4.79 Å². The first-order chi connectivity index (χ1) is 14.8. The van der Waals surface area contributed by atoms with E-state index in [0.717, 1.165) is 32.1 Å². The van der Waals surface area contributed by atoms with E-state index in [4.69, 9.17) is 10.00 Å². The van der Waals surface area contributed by atoms with Gasteiger partial charge in [-0.2, -0.15) is 5.26 Å². The zero-order valence-electron chi connectivity index (χ0n) is 17.1. The maximum atomic E-state index is 13.1. The largest absolute Gasteiger partial charge is 0.448 e. The van der Waals surface area contributed by atoms with Gasteiger partial charge in [-0.3, -0.25) is 4.90 Å². The highest BCUT2D eigenvalue weighted by Crippen LogP contribution is 2.44. The molecule has 2 bridgehead atoms. The highest BCUT2D eigenvalue weighted by atomic mass is 16.6. The molecule has 2 aromatic rings. The number of carbonyl (C=O) groups is 1. The van der Waals surface area contributed by atoms with Gasteiger partial charge in [0, 0.05) is 18.4 Å². The van der Waals surface area contributed by atoms with Crippen LogP contribution in [0.4, 0.5) is 4.79 Å². The molecule has 1 saturated heterocycles. The van der Waals surface area contributed by atoms with Crippen LogP contribution in [0.1, 0.15) is 55.6 Å². The van der Waals surface area contributed by atoms with Gasteiger partial charge in [0.25, 0.3) is 0 Å². The van der Waals surface area contributed by atoms with E-state index in [2.05, 4.69) is 60.7 Å². The third kappa shape index (κ3) is 3.29. The molecule has 1 amide bonds. The van der Waals surface area contributed by atoms with Gasteiger partial charge in [-0.15, -0.1) is 0 Å². The van der Waals surface area contributed by atoms with Crippen LogP contribution >= 0.6 is 0 Å². The topological polar surface area (TPSA) is 53.3 Å². The van der Waals surface area contributed by atoms with Crippen LogP contribution in [0.5, 0.6) is 0 Å². The molecule has 0 N–H and O–H groups in total. The molecule has 0 radical (unpaired) electrons. The molecule has 0 aromatic heterocycles. The zero-order valence-corrected chi connectivity index (χ0v) is 17.1. The van der Waals surface area contributed by atoms with Crippen LogP contribution in [0.3, 0.4) is 0 Å². The summed E-state index contributed by atoms with van der Waals surface area (Å²) in [5, 5.41) is 8.89. The lowest BCUT2D eigenvalue weighted by molar-refractivity contribution is 0.0507. The summed E-state index contributed by atoms with van der Waals surface area (Å²) in [6.07, 6.45) is 7.42. The molecule has 2 unspecified atom stereocenters. The number of amides is 1. The van der Waals surface area contributed by atoms with Gasteiger partial charge in [0.15, 0.2) is 0 Å². The highest BCUT2D eigenvalue weighted by Gasteiger charge is 2.38. The maximum Gasteiger partial charge on any atom is 0.410 e. The van der Waals surface area contributed by atoms with E-state index in [0.29, 0.717) is 13.0 Å². The Morgan fingerprint density at radius 3 is 2.43 bits per heavy atom. The van der Waals surface area contributed by atoms with Gasteiger partial charge in [-0.05, 0) is 54.4 Å². The molecule has 1 fully saturated rings. The SMILES string of the molecule is N#CCCC1=CC2CCCC(C1)N2C(=O)OCC1c2ccccc2-c2ccccc21. The lowest BCUT2D eigenvalue weighted by Crippen LogP contribution is -2.52. The van der Waals surface area contributed by atoms with Crippen LogP contribution in [0.25, 0.3) is 11.1 Å². The van der Waals surface area contributed by atoms with Gasteiger partial charge < -0.3 is 4.74 Å². The van der Waals surface area contributed by atoms with E-state index in [-0.39, 0.29) is 24.1 Å². The minimum atomic E-state index is -0.192. The second-order valence-electron chi connectivity index (χ2n) is 8.55. The van der Waals surface area contributed by atoms with Crippen molar-refractivity contribution in [2.24, 2.45) is 0 Å². The van der Waals surface area contributed by atoms with E-state index in [1.54, 1.807) is 0 Å². The summed E-state index contributed by atoms with van der Waals surface area (Å²) < 4.78 is 5.94. The fourth-order valence-corrected chi connectivity index (χ4v) is 5.47. The van der Waals surface area contributed by atoms with Crippen molar-refractivity contribution in [3.8, 4) is 17.2 Å². The summed E-state index contributed by atoms with van der Waals surface area (Å²) in [6.45, 7) is 0.369. The minimum absolute atomic E-state index is 0.0905. The summed E-state index contributed by atoms with van der Waals surface area (Å²) in [6, 6.07) is 19.4. The first-order valence-electron chi connectivity index (χ1n) is 11.0. The number of rotatable bonds is 4. The molecular formula is C26H26N2O2. The molecule has 30 heavy (non-hydrogen) atoms. The maximum absolute atomic E-state index is 13.1. The lowest BCUT2D eigenvalue weighted by atomic mass is 9.84. The number of carbonyl (C=O) groups excluding carboxylic acids is 1. The third-order valence-electron chi connectivity index (χ3n) is 6.82. The fourth-order valence-electron chi connectivity index (χ4n) is 5.47. The van der Waals surface area contributed by atoms with Crippen molar-refractivity contribution in [2.75, 3.05) is 6.61 Å². The van der Waals surface area contributed by atoms with Gasteiger partial charge in [0.2, 0.25) is 0 Å². The zero-order chi connectivity index (χ0) is 20.5. The Morgan fingerprint density at radius 2 is 1.77 bits per heavy atom. The van der Waals surface area contributed by atoms with Crippen LogP contribution in [0.2, 0.25) is 0 Å². The molecule has 2 heterocycles. The Morgan fingerprint density at radius 1 is 1.07 bits per heavy atom. The summed E-state index contributed by atoms with van der Waals surface area (Å²) in [5.74, 6) is 0.0905. The molecule has 2 aliphatic heterocycles. The Kier molecular flexibility index (Phi) is 5.04. The molecule has 4 nitrogen and oxygen atoms in total. The van der Waals surface area contributed by atoms with Crippen molar-refractivity contribution in [1.29, 1.82) is 5.26 Å². The predicted molar refractivity (Wildman–Crippen MR) is 116 cm³/mol. The van der Waals surface area contributed by atoms with E-state index in [1.807, 2.05) is 4.90 Å². The van der Waals surface area contributed by atoms with Crippen LogP contribution in [-0.4, -0.2) is 29.7 Å².